The number of hydrogen-bond donors (Lipinski definition) is 2. The summed E-state index contributed by atoms with van der Waals surface area (Å²) in [4.78, 5) is 10.9. The van der Waals surface area contributed by atoms with E-state index in [4.69, 9.17) is 19.3 Å². The monoisotopic (exact) mass is 269 g/mol. The number of carbonyl (C=O) groups excluding carboxylic acids is 1. The fourth-order valence-electron chi connectivity index (χ4n) is 1.68. The largest absolute Gasteiger partial charge is 0.496 e. The van der Waals surface area contributed by atoms with Gasteiger partial charge in [0, 0.05) is 12.6 Å². The first kappa shape index (κ1) is 15.1. The van der Waals surface area contributed by atoms with E-state index >= 15 is 0 Å². The van der Waals surface area contributed by atoms with Crippen molar-refractivity contribution in [3.8, 4) is 17.2 Å². The van der Waals surface area contributed by atoms with E-state index in [2.05, 4.69) is 5.32 Å². The molecule has 6 heteroatoms. The van der Waals surface area contributed by atoms with Crippen molar-refractivity contribution in [2.75, 3.05) is 34.5 Å². The zero-order valence-corrected chi connectivity index (χ0v) is 11.4. The maximum atomic E-state index is 10.9. The van der Waals surface area contributed by atoms with Crippen LogP contribution < -0.4 is 19.5 Å². The maximum absolute atomic E-state index is 10.9. The molecule has 0 aromatic heterocycles. The molecule has 0 aliphatic rings. The molecule has 1 aromatic carbocycles. The topological polar surface area (TPSA) is 77.0 Å². The van der Waals surface area contributed by atoms with Gasteiger partial charge in [-0.3, -0.25) is 4.79 Å². The predicted octanol–water partition coefficient (Wildman–Crippen LogP) is 0.363. The second kappa shape index (κ2) is 7.48. The average molecular weight is 269 g/mol. The van der Waals surface area contributed by atoms with Gasteiger partial charge >= 0.3 is 0 Å². The number of aliphatic hydroxyl groups is 1. The molecule has 2 N–H and O–H groups in total. The molecule has 0 bridgehead atoms. The second-order valence-corrected chi connectivity index (χ2v) is 3.78. The van der Waals surface area contributed by atoms with E-state index in [1.165, 1.54) is 0 Å². The maximum Gasteiger partial charge on any atom is 0.245 e. The molecule has 0 fully saturated rings. The normalized spacial score (nSPS) is 9.89. The Kier molecular flexibility index (Phi) is 5.95. The summed E-state index contributed by atoms with van der Waals surface area (Å²) in [5.41, 5.74) is 0.887. The number of aliphatic hydroxyl groups excluding tert-OH is 1. The van der Waals surface area contributed by atoms with Gasteiger partial charge in [-0.15, -0.1) is 0 Å². The number of carbonyl (C=O) groups is 1. The molecule has 0 radical (unpaired) electrons. The molecule has 1 rings (SSSR count). The van der Waals surface area contributed by atoms with Crippen molar-refractivity contribution < 1.29 is 24.1 Å². The van der Waals surface area contributed by atoms with Gasteiger partial charge in [-0.25, -0.2) is 0 Å². The Bertz CT molecular complexity index is 433. The fourth-order valence-corrected chi connectivity index (χ4v) is 1.68. The van der Waals surface area contributed by atoms with Gasteiger partial charge in [-0.05, 0) is 18.1 Å². The minimum Gasteiger partial charge on any atom is -0.496 e. The van der Waals surface area contributed by atoms with Crippen molar-refractivity contribution in [3.05, 3.63) is 17.7 Å². The standard InChI is InChI=1S/C13H19NO5/c1-17-10-7-12(19-3)11(18-2)6-9(10)4-5-14-13(16)8-15/h6-7,15H,4-5,8H2,1-3H3,(H,14,16). The van der Waals surface area contributed by atoms with E-state index in [1.807, 2.05) is 6.07 Å². The first-order valence-electron chi connectivity index (χ1n) is 5.82. The Morgan fingerprint density at radius 3 is 2.21 bits per heavy atom. The van der Waals surface area contributed by atoms with Gasteiger partial charge in [0.05, 0.1) is 21.3 Å². The van der Waals surface area contributed by atoms with Crippen molar-refractivity contribution in [1.29, 1.82) is 0 Å². The lowest BCUT2D eigenvalue weighted by atomic mass is 10.1. The summed E-state index contributed by atoms with van der Waals surface area (Å²) in [5, 5.41) is 11.2. The highest BCUT2D eigenvalue weighted by Crippen LogP contribution is 2.34. The molecule has 6 nitrogen and oxygen atoms in total. The lowest BCUT2D eigenvalue weighted by molar-refractivity contribution is -0.123. The minimum atomic E-state index is -0.511. The number of benzene rings is 1. The SMILES string of the molecule is COc1cc(OC)c(OC)cc1CCNC(=O)CO. The van der Waals surface area contributed by atoms with Crippen LogP contribution in [0.2, 0.25) is 0 Å². The fraction of sp³-hybridized carbons (Fsp3) is 0.462. The second-order valence-electron chi connectivity index (χ2n) is 3.78. The van der Waals surface area contributed by atoms with Crippen LogP contribution in [0.4, 0.5) is 0 Å². The summed E-state index contributed by atoms with van der Waals surface area (Å²) < 4.78 is 15.7. The molecule has 0 saturated carbocycles. The molecule has 19 heavy (non-hydrogen) atoms. The first-order valence-corrected chi connectivity index (χ1v) is 5.82. The van der Waals surface area contributed by atoms with Crippen LogP contribution in [0.15, 0.2) is 12.1 Å². The van der Waals surface area contributed by atoms with Crippen molar-refractivity contribution in [1.82, 2.24) is 5.32 Å². The molecule has 106 valence electrons. The van der Waals surface area contributed by atoms with E-state index in [1.54, 1.807) is 27.4 Å². The van der Waals surface area contributed by atoms with E-state index < -0.39 is 12.5 Å². The molecular formula is C13H19NO5. The Morgan fingerprint density at radius 1 is 1.11 bits per heavy atom. The number of amides is 1. The van der Waals surface area contributed by atoms with Gasteiger partial charge in [-0.1, -0.05) is 0 Å². The van der Waals surface area contributed by atoms with E-state index in [9.17, 15) is 4.79 Å². The van der Waals surface area contributed by atoms with Crippen molar-refractivity contribution >= 4 is 5.91 Å². The molecule has 0 saturated heterocycles. The molecular weight excluding hydrogens is 250 g/mol. The van der Waals surface area contributed by atoms with E-state index in [0.29, 0.717) is 30.2 Å². The molecule has 0 unspecified atom stereocenters. The minimum absolute atomic E-state index is 0.403. The average Bonchev–Trinajstić information content (AvgIpc) is 2.46. The lowest BCUT2D eigenvalue weighted by Crippen LogP contribution is -2.28. The number of rotatable bonds is 7. The van der Waals surface area contributed by atoms with Crippen LogP contribution in [0.25, 0.3) is 0 Å². The highest BCUT2D eigenvalue weighted by atomic mass is 16.5. The summed E-state index contributed by atoms with van der Waals surface area (Å²) in [7, 11) is 4.68. The van der Waals surface area contributed by atoms with Gasteiger partial charge in [0.15, 0.2) is 11.5 Å². The van der Waals surface area contributed by atoms with Gasteiger partial charge in [0.25, 0.3) is 0 Å². The summed E-state index contributed by atoms with van der Waals surface area (Å²) >= 11 is 0. The number of ether oxygens (including phenoxy) is 3. The third-order valence-corrected chi connectivity index (χ3v) is 2.65. The number of methoxy groups -OCH3 is 3. The van der Waals surface area contributed by atoms with Gasteiger partial charge < -0.3 is 24.6 Å². The van der Waals surface area contributed by atoms with Gasteiger partial charge in [0.1, 0.15) is 12.4 Å². The van der Waals surface area contributed by atoms with Gasteiger partial charge in [0.2, 0.25) is 5.91 Å². The smallest absolute Gasteiger partial charge is 0.245 e. The quantitative estimate of drug-likeness (QED) is 0.747. The third-order valence-electron chi connectivity index (χ3n) is 2.65. The molecule has 0 spiro atoms. The Morgan fingerprint density at radius 2 is 1.68 bits per heavy atom. The Hall–Kier alpha value is -1.95. The van der Waals surface area contributed by atoms with Crippen LogP contribution in [0, 0.1) is 0 Å². The third kappa shape index (κ3) is 4.03. The van der Waals surface area contributed by atoms with E-state index in [0.717, 1.165) is 5.56 Å². The van der Waals surface area contributed by atoms with Crippen molar-refractivity contribution in [2.24, 2.45) is 0 Å². The first-order chi connectivity index (χ1) is 9.15. The molecule has 0 aliphatic carbocycles. The zero-order chi connectivity index (χ0) is 14.3. The van der Waals surface area contributed by atoms with Crippen LogP contribution in [0.1, 0.15) is 5.56 Å². The van der Waals surface area contributed by atoms with E-state index in [-0.39, 0.29) is 0 Å². The molecule has 0 aliphatic heterocycles. The highest BCUT2D eigenvalue weighted by molar-refractivity contribution is 5.76. The van der Waals surface area contributed by atoms with Gasteiger partial charge in [-0.2, -0.15) is 0 Å². The van der Waals surface area contributed by atoms with Crippen LogP contribution in [0.5, 0.6) is 17.2 Å². The molecule has 0 atom stereocenters. The summed E-state index contributed by atoms with van der Waals surface area (Å²) in [6.07, 6.45) is 0.565. The van der Waals surface area contributed by atoms with Crippen LogP contribution >= 0.6 is 0 Å². The predicted molar refractivity (Wildman–Crippen MR) is 69.9 cm³/mol. The summed E-state index contributed by atoms with van der Waals surface area (Å²) in [6.45, 7) is -0.103. The van der Waals surface area contributed by atoms with Crippen molar-refractivity contribution in [3.63, 3.8) is 0 Å². The molecule has 1 amide bonds. The van der Waals surface area contributed by atoms with Crippen LogP contribution in [-0.4, -0.2) is 45.5 Å². The number of nitrogens with one attached hydrogen (secondary N) is 1. The van der Waals surface area contributed by atoms with Crippen LogP contribution in [-0.2, 0) is 11.2 Å². The van der Waals surface area contributed by atoms with Crippen LogP contribution in [0.3, 0.4) is 0 Å². The zero-order valence-electron chi connectivity index (χ0n) is 11.4. The van der Waals surface area contributed by atoms with Crippen molar-refractivity contribution in [2.45, 2.75) is 6.42 Å². The Labute approximate surface area is 112 Å². The summed E-state index contributed by atoms with van der Waals surface area (Å²) in [5.74, 6) is 1.45. The highest BCUT2D eigenvalue weighted by Gasteiger charge is 2.11. The lowest BCUT2D eigenvalue weighted by Gasteiger charge is -2.14. The molecule has 0 heterocycles. The molecule has 1 aromatic rings. The summed E-state index contributed by atoms with van der Waals surface area (Å²) in [6, 6.07) is 3.55. The number of hydrogen-bond acceptors (Lipinski definition) is 5. The Balaban J connectivity index is 2.83.